The maximum atomic E-state index is 13.0. The molecule has 0 aliphatic rings. The summed E-state index contributed by atoms with van der Waals surface area (Å²) in [4.78, 5) is 15.9. The molecule has 0 atom stereocenters. The molecule has 1 amide bonds. The van der Waals surface area contributed by atoms with Gasteiger partial charge in [0.15, 0.2) is 0 Å². The van der Waals surface area contributed by atoms with Gasteiger partial charge in [-0.15, -0.1) is 0 Å². The summed E-state index contributed by atoms with van der Waals surface area (Å²) in [5.74, 6) is -0.317. The number of carbonyl (C=O) groups excluding carboxylic acids is 1. The Labute approximate surface area is 120 Å². The van der Waals surface area contributed by atoms with Gasteiger partial charge in [-0.1, -0.05) is 0 Å². The van der Waals surface area contributed by atoms with Crippen LogP contribution in [0, 0.1) is 5.82 Å². The molecule has 0 saturated carbocycles. The number of amides is 1. The lowest BCUT2D eigenvalue weighted by Crippen LogP contribution is -2.12. The third-order valence-electron chi connectivity index (χ3n) is 2.15. The molecule has 2 aromatic rings. The van der Waals surface area contributed by atoms with Crippen LogP contribution in [0.1, 0.15) is 10.4 Å². The van der Waals surface area contributed by atoms with Crippen molar-refractivity contribution in [2.45, 2.75) is 0 Å². The molecule has 0 unspecified atom stereocenters. The van der Waals surface area contributed by atoms with Crippen molar-refractivity contribution in [2.75, 3.05) is 5.32 Å². The maximum absolute atomic E-state index is 13.0. The zero-order chi connectivity index (χ0) is 13.1. The Balaban J connectivity index is 2.16. The normalized spacial score (nSPS) is 10.2. The molecular weight excluding hydrogens is 367 g/mol. The molecule has 3 nitrogen and oxygen atoms in total. The zero-order valence-corrected chi connectivity index (χ0v) is 12.1. The molecular formula is C12H7Br2FN2O. The van der Waals surface area contributed by atoms with E-state index in [1.54, 1.807) is 18.3 Å². The number of halogens is 3. The molecule has 0 fully saturated rings. The van der Waals surface area contributed by atoms with Crippen molar-refractivity contribution in [3.05, 3.63) is 56.9 Å². The molecule has 0 aliphatic heterocycles. The fraction of sp³-hybridized carbons (Fsp3) is 0. The lowest BCUT2D eigenvalue weighted by atomic mass is 10.2. The number of rotatable bonds is 2. The summed E-state index contributed by atoms with van der Waals surface area (Å²) >= 11 is 6.28. The van der Waals surface area contributed by atoms with Crippen molar-refractivity contribution in [3.8, 4) is 0 Å². The zero-order valence-electron chi connectivity index (χ0n) is 8.95. The summed E-state index contributed by atoms with van der Waals surface area (Å²) in [7, 11) is 0. The van der Waals surface area contributed by atoms with Crippen molar-refractivity contribution < 1.29 is 9.18 Å². The molecule has 6 heteroatoms. The first-order valence-corrected chi connectivity index (χ1v) is 6.53. The van der Waals surface area contributed by atoms with Crippen molar-refractivity contribution in [3.63, 3.8) is 0 Å². The van der Waals surface area contributed by atoms with E-state index in [2.05, 4.69) is 42.2 Å². The summed E-state index contributed by atoms with van der Waals surface area (Å²) < 4.78 is 14.1. The van der Waals surface area contributed by atoms with Crippen LogP contribution in [0.4, 0.5) is 10.2 Å². The van der Waals surface area contributed by atoms with Gasteiger partial charge in [-0.2, -0.15) is 0 Å². The fourth-order valence-electron chi connectivity index (χ4n) is 1.28. The van der Waals surface area contributed by atoms with Crippen molar-refractivity contribution in [2.24, 2.45) is 0 Å². The number of carbonyl (C=O) groups is 1. The summed E-state index contributed by atoms with van der Waals surface area (Å²) in [6.45, 7) is 0. The number of aromatic nitrogens is 1. The number of hydrogen-bond acceptors (Lipinski definition) is 2. The van der Waals surface area contributed by atoms with E-state index in [0.29, 0.717) is 11.4 Å². The molecule has 1 N–H and O–H groups in total. The second-order valence-corrected chi connectivity index (χ2v) is 5.21. The number of nitrogens with one attached hydrogen (secondary N) is 1. The van der Waals surface area contributed by atoms with Crippen LogP contribution >= 0.6 is 31.9 Å². The summed E-state index contributed by atoms with van der Waals surface area (Å²) in [5.41, 5.74) is 0.355. The van der Waals surface area contributed by atoms with Gasteiger partial charge < -0.3 is 5.32 Å². The number of hydrogen-bond donors (Lipinski definition) is 1. The molecule has 0 spiro atoms. The molecule has 1 heterocycles. The molecule has 0 bridgehead atoms. The fourth-order valence-corrected chi connectivity index (χ4v) is 1.89. The molecule has 2 rings (SSSR count). The van der Waals surface area contributed by atoms with Crippen LogP contribution in [0.5, 0.6) is 0 Å². The number of anilines is 1. The third-order valence-corrected chi connectivity index (χ3v) is 3.23. The van der Waals surface area contributed by atoms with E-state index in [1.807, 2.05) is 0 Å². The predicted molar refractivity (Wildman–Crippen MR) is 74.0 cm³/mol. The highest BCUT2D eigenvalue weighted by molar-refractivity contribution is 9.10. The van der Waals surface area contributed by atoms with Crippen LogP contribution < -0.4 is 5.32 Å². The SMILES string of the molecule is O=C(Nc1ccc(Br)cn1)c1ccc(F)c(Br)c1. The van der Waals surface area contributed by atoms with Gasteiger partial charge in [0.1, 0.15) is 11.6 Å². The van der Waals surface area contributed by atoms with Crippen molar-refractivity contribution >= 4 is 43.6 Å². The largest absolute Gasteiger partial charge is 0.307 e. The molecule has 18 heavy (non-hydrogen) atoms. The van der Waals surface area contributed by atoms with Crippen LogP contribution in [-0.4, -0.2) is 10.9 Å². The van der Waals surface area contributed by atoms with Gasteiger partial charge in [0, 0.05) is 16.2 Å². The van der Waals surface area contributed by atoms with E-state index in [1.165, 1.54) is 18.2 Å². The Hall–Kier alpha value is -1.27. The number of nitrogens with zero attached hydrogens (tertiary/aromatic N) is 1. The summed E-state index contributed by atoms with van der Waals surface area (Å²) in [5, 5.41) is 2.62. The van der Waals surface area contributed by atoms with Crippen LogP contribution in [0.25, 0.3) is 0 Å². The van der Waals surface area contributed by atoms with Gasteiger partial charge in [-0.25, -0.2) is 9.37 Å². The van der Waals surface area contributed by atoms with Gasteiger partial charge in [-0.3, -0.25) is 4.79 Å². The molecule has 0 saturated heterocycles. The minimum atomic E-state index is -0.409. The number of pyridine rings is 1. The highest BCUT2D eigenvalue weighted by atomic mass is 79.9. The average molecular weight is 374 g/mol. The molecule has 92 valence electrons. The first-order chi connectivity index (χ1) is 8.56. The summed E-state index contributed by atoms with van der Waals surface area (Å²) in [6.07, 6.45) is 1.58. The minimum Gasteiger partial charge on any atom is -0.307 e. The second kappa shape index (κ2) is 5.58. The predicted octanol–water partition coefficient (Wildman–Crippen LogP) is 4.00. The maximum Gasteiger partial charge on any atom is 0.256 e. The standard InChI is InChI=1S/C12H7Br2FN2O/c13-8-2-4-11(16-6-8)17-12(18)7-1-3-10(15)9(14)5-7/h1-6H,(H,16,17,18). The Morgan fingerprint density at radius 1 is 1.22 bits per heavy atom. The van der Waals surface area contributed by atoms with Crippen LogP contribution in [-0.2, 0) is 0 Å². The van der Waals surface area contributed by atoms with Gasteiger partial charge >= 0.3 is 0 Å². The molecule has 0 aliphatic carbocycles. The van der Waals surface area contributed by atoms with E-state index in [4.69, 9.17) is 0 Å². The topological polar surface area (TPSA) is 42.0 Å². The van der Waals surface area contributed by atoms with Gasteiger partial charge in [0.05, 0.1) is 4.47 Å². The second-order valence-electron chi connectivity index (χ2n) is 3.44. The highest BCUT2D eigenvalue weighted by Gasteiger charge is 2.09. The first-order valence-electron chi connectivity index (χ1n) is 4.94. The number of benzene rings is 1. The van der Waals surface area contributed by atoms with E-state index in [0.717, 1.165) is 4.47 Å². The molecule has 1 aromatic heterocycles. The van der Waals surface area contributed by atoms with Gasteiger partial charge in [-0.05, 0) is 62.2 Å². The van der Waals surface area contributed by atoms with Gasteiger partial charge in [0.25, 0.3) is 5.91 Å². The van der Waals surface area contributed by atoms with Crippen LogP contribution in [0.3, 0.4) is 0 Å². The lowest BCUT2D eigenvalue weighted by molar-refractivity contribution is 0.102. The monoisotopic (exact) mass is 372 g/mol. The molecule has 0 radical (unpaired) electrons. The van der Waals surface area contributed by atoms with Crippen LogP contribution in [0.15, 0.2) is 45.5 Å². The Morgan fingerprint density at radius 2 is 2.00 bits per heavy atom. The smallest absolute Gasteiger partial charge is 0.256 e. The van der Waals surface area contributed by atoms with Gasteiger partial charge in [0.2, 0.25) is 0 Å². The Bertz CT molecular complexity index is 587. The van der Waals surface area contributed by atoms with E-state index >= 15 is 0 Å². The quantitative estimate of drug-likeness (QED) is 0.864. The Kier molecular flexibility index (Phi) is 4.08. The minimum absolute atomic E-state index is 0.249. The van der Waals surface area contributed by atoms with E-state index in [-0.39, 0.29) is 10.4 Å². The first kappa shape index (κ1) is 13.2. The van der Waals surface area contributed by atoms with E-state index < -0.39 is 5.82 Å². The third kappa shape index (κ3) is 3.14. The molecule has 1 aromatic carbocycles. The van der Waals surface area contributed by atoms with Crippen molar-refractivity contribution in [1.82, 2.24) is 4.98 Å². The van der Waals surface area contributed by atoms with Crippen LogP contribution in [0.2, 0.25) is 0 Å². The lowest BCUT2D eigenvalue weighted by Gasteiger charge is -2.05. The average Bonchev–Trinajstić information content (AvgIpc) is 2.35. The van der Waals surface area contributed by atoms with Crippen molar-refractivity contribution in [1.29, 1.82) is 0 Å². The highest BCUT2D eigenvalue weighted by Crippen LogP contribution is 2.18. The Morgan fingerprint density at radius 3 is 2.61 bits per heavy atom. The summed E-state index contributed by atoms with van der Waals surface area (Å²) in [6, 6.07) is 7.50. The van der Waals surface area contributed by atoms with E-state index in [9.17, 15) is 9.18 Å².